The van der Waals surface area contributed by atoms with E-state index in [1.54, 1.807) is 0 Å². The molecule has 0 N–H and O–H groups in total. The quantitative estimate of drug-likeness (QED) is 0.464. The van der Waals surface area contributed by atoms with E-state index in [0.29, 0.717) is 18.1 Å². The Hall–Kier alpha value is -0.0400. The Balaban J connectivity index is 2.39. The molecule has 47 valence electrons. The first-order valence-corrected chi connectivity index (χ1v) is 3.20. The van der Waals surface area contributed by atoms with Crippen molar-refractivity contribution in [2.45, 2.75) is 33.0 Å². The first-order valence-electron chi connectivity index (χ1n) is 3.20. The molecule has 0 aromatic heterocycles. The van der Waals surface area contributed by atoms with E-state index in [-0.39, 0.29) is 0 Å². The fourth-order valence-corrected chi connectivity index (χ4v) is 1.09. The van der Waals surface area contributed by atoms with Gasteiger partial charge in [0.05, 0.1) is 12.2 Å². The van der Waals surface area contributed by atoms with E-state index in [4.69, 9.17) is 4.74 Å². The van der Waals surface area contributed by atoms with Crippen LogP contribution in [0, 0.1) is 12.3 Å². The van der Waals surface area contributed by atoms with Gasteiger partial charge in [-0.3, -0.25) is 0 Å². The van der Waals surface area contributed by atoms with Crippen LogP contribution in [0.1, 0.15) is 20.8 Å². The smallest absolute Gasteiger partial charge is 0.0586 e. The van der Waals surface area contributed by atoms with Crippen molar-refractivity contribution in [3.8, 4) is 0 Å². The lowest BCUT2D eigenvalue weighted by Gasteiger charge is -2.05. The maximum absolute atomic E-state index is 5.42. The molecule has 1 saturated heterocycles. The Labute approximate surface area is 51.0 Å². The van der Waals surface area contributed by atoms with Crippen molar-refractivity contribution in [1.82, 2.24) is 0 Å². The van der Waals surface area contributed by atoms with Gasteiger partial charge in [-0.2, -0.15) is 0 Å². The molecule has 1 radical (unpaired) electrons. The molecule has 1 heterocycles. The summed E-state index contributed by atoms with van der Waals surface area (Å²) in [6, 6.07) is 0. The highest BCUT2D eigenvalue weighted by molar-refractivity contribution is 4.89. The summed E-state index contributed by atoms with van der Waals surface area (Å²) in [6.07, 6.45) is 3.05. The van der Waals surface area contributed by atoms with Gasteiger partial charge in [0.2, 0.25) is 0 Å². The Kier molecular flexibility index (Phi) is 1.57. The van der Waals surface area contributed by atoms with Gasteiger partial charge in [-0.05, 0) is 26.2 Å². The summed E-state index contributed by atoms with van der Waals surface area (Å²) in [5.74, 6) is 0.644. The Bertz CT molecular complexity index is 70.5. The van der Waals surface area contributed by atoms with Crippen molar-refractivity contribution in [2.24, 2.45) is 5.92 Å². The highest BCUT2D eigenvalue weighted by atomic mass is 16.5. The van der Waals surface area contributed by atoms with Crippen LogP contribution in [0.25, 0.3) is 0 Å². The molecule has 0 aromatic rings. The molecule has 0 bridgehead atoms. The van der Waals surface area contributed by atoms with Crippen LogP contribution in [-0.2, 0) is 4.74 Å². The Morgan fingerprint density at radius 1 is 1.25 bits per heavy atom. The van der Waals surface area contributed by atoms with Crippen LogP contribution in [0.15, 0.2) is 0 Å². The van der Waals surface area contributed by atoms with Crippen LogP contribution in [0.2, 0.25) is 0 Å². The van der Waals surface area contributed by atoms with E-state index in [0.717, 1.165) is 0 Å². The number of ether oxygens (including phenoxy) is 1. The predicted octanol–water partition coefficient (Wildman–Crippen LogP) is 1.63. The van der Waals surface area contributed by atoms with E-state index in [2.05, 4.69) is 27.2 Å². The second-order valence-corrected chi connectivity index (χ2v) is 2.60. The second-order valence-electron chi connectivity index (χ2n) is 2.60. The SMILES string of the molecule is CC1[CH]C(C)C(C)O1. The van der Waals surface area contributed by atoms with E-state index in [9.17, 15) is 0 Å². The van der Waals surface area contributed by atoms with Crippen LogP contribution in [0.4, 0.5) is 0 Å². The zero-order valence-electron chi connectivity index (χ0n) is 5.72. The minimum atomic E-state index is 0.375. The van der Waals surface area contributed by atoms with Gasteiger partial charge in [-0.25, -0.2) is 0 Å². The molecule has 1 fully saturated rings. The maximum atomic E-state index is 5.42. The lowest BCUT2D eigenvalue weighted by molar-refractivity contribution is 0.0616. The summed E-state index contributed by atoms with van der Waals surface area (Å²) in [7, 11) is 0. The minimum absolute atomic E-state index is 0.375. The Morgan fingerprint density at radius 2 is 1.88 bits per heavy atom. The summed E-state index contributed by atoms with van der Waals surface area (Å²) >= 11 is 0. The van der Waals surface area contributed by atoms with Crippen LogP contribution in [0.3, 0.4) is 0 Å². The molecular formula is C7H13O. The van der Waals surface area contributed by atoms with Crippen molar-refractivity contribution in [1.29, 1.82) is 0 Å². The molecule has 0 aromatic carbocycles. The van der Waals surface area contributed by atoms with Crippen LogP contribution in [0.5, 0.6) is 0 Å². The third-order valence-corrected chi connectivity index (χ3v) is 1.74. The molecule has 0 amide bonds. The zero-order valence-corrected chi connectivity index (χ0v) is 5.72. The van der Waals surface area contributed by atoms with Gasteiger partial charge in [0, 0.05) is 0 Å². The molecule has 0 spiro atoms. The molecule has 0 aliphatic carbocycles. The van der Waals surface area contributed by atoms with Gasteiger partial charge >= 0.3 is 0 Å². The normalized spacial score (nSPS) is 47.6. The summed E-state index contributed by atoms with van der Waals surface area (Å²) < 4.78 is 5.42. The van der Waals surface area contributed by atoms with Gasteiger partial charge < -0.3 is 4.74 Å². The molecule has 3 atom stereocenters. The van der Waals surface area contributed by atoms with Crippen molar-refractivity contribution in [2.75, 3.05) is 0 Å². The van der Waals surface area contributed by atoms with Crippen molar-refractivity contribution >= 4 is 0 Å². The van der Waals surface area contributed by atoms with Gasteiger partial charge in [0.1, 0.15) is 0 Å². The largest absolute Gasteiger partial charge is 0.375 e. The summed E-state index contributed by atoms with van der Waals surface area (Å²) in [6.45, 7) is 6.39. The Morgan fingerprint density at radius 3 is 2.00 bits per heavy atom. The van der Waals surface area contributed by atoms with E-state index in [1.807, 2.05) is 0 Å². The van der Waals surface area contributed by atoms with E-state index in [1.165, 1.54) is 0 Å². The zero-order chi connectivity index (χ0) is 6.15. The molecule has 1 aliphatic rings. The fraction of sp³-hybridized carbons (Fsp3) is 0.857. The van der Waals surface area contributed by atoms with Crippen molar-refractivity contribution in [3.63, 3.8) is 0 Å². The molecule has 1 nitrogen and oxygen atoms in total. The lowest BCUT2D eigenvalue weighted by atomic mass is 10.0. The van der Waals surface area contributed by atoms with Crippen molar-refractivity contribution < 1.29 is 4.74 Å². The molecule has 8 heavy (non-hydrogen) atoms. The highest BCUT2D eigenvalue weighted by Crippen LogP contribution is 2.23. The first kappa shape index (κ1) is 6.09. The molecule has 3 unspecified atom stereocenters. The molecule has 1 aliphatic heterocycles. The van der Waals surface area contributed by atoms with Gasteiger partial charge in [0.15, 0.2) is 0 Å². The number of hydrogen-bond acceptors (Lipinski definition) is 1. The maximum Gasteiger partial charge on any atom is 0.0586 e. The van der Waals surface area contributed by atoms with Gasteiger partial charge in [0.25, 0.3) is 0 Å². The lowest BCUT2D eigenvalue weighted by Crippen LogP contribution is -2.06. The third-order valence-electron chi connectivity index (χ3n) is 1.74. The van der Waals surface area contributed by atoms with Crippen molar-refractivity contribution in [3.05, 3.63) is 6.42 Å². The van der Waals surface area contributed by atoms with E-state index >= 15 is 0 Å². The van der Waals surface area contributed by atoms with Crippen LogP contribution < -0.4 is 0 Å². The average molecular weight is 113 g/mol. The average Bonchev–Trinajstić information content (AvgIpc) is 1.85. The number of hydrogen-bond donors (Lipinski definition) is 0. The monoisotopic (exact) mass is 113 g/mol. The second kappa shape index (κ2) is 2.06. The minimum Gasteiger partial charge on any atom is -0.375 e. The summed E-state index contributed by atoms with van der Waals surface area (Å²) in [5.41, 5.74) is 0. The molecule has 1 heteroatoms. The van der Waals surface area contributed by atoms with E-state index < -0.39 is 0 Å². The standard InChI is InChI=1S/C7H13O/c1-5-4-6(2)8-7(5)3/h4-7H,1-3H3. The number of rotatable bonds is 0. The summed E-state index contributed by atoms with van der Waals surface area (Å²) in [4.78, 5) is 0. The van der Waals surface area contributed by atoms with Crippen LogP contribution >= 0.6 is 0 Å². The summed E-state index contributed by atoms with van der Waals surface area (Å²) in [5, 5.41) is 0. The fourth-order valence-electron chi connectivity index (χ4n) is 1.09. The molecule has 1 rings (SSSR count). The van der Waals surface area contributed by atoms with Gasteiger partial charge in [-0.1, -0.05) is 6.92 Å². The third kappa shape index (κ3) is 1.03. The topological polar surface area (TPSA) is 9.23 Å². The predicted molar refractivity (Wildman–Crippen MR) is 33.5 cm³/mol. The first-order chi connectivity index (χ1) is 3.70. The van der Waals surface area contributed by atoms with Crippen LogP contribution in [-0.4, -0.2) is 12.2 Å². The molecular weight excluding hydrogens is 100 g/mol. The highest BCUT2D eigenvalue weighted by Gasteiger charge is 2.25. The molecule has 0 saturated carbocycles. The van der Waals surface area contributed by atoms with Gasteiger partial charge in [-0.15, -0.1) is 0 Å².